The first-order valence-corrected chi connectivity index (χ1v) is 5.04. The van der Waals surface area contributed by atoms with Crippen LogP contribution >= 0.6 is 19.4 Å². The van der Waals surface area contributed by atoms with Crippen LogP contribution in [0.25, 0.3) is 0 Å². The lowest BCUT2D eigenvalue weighted by Gasteiger charge is -2.08. The topological polar surface area (TPSA) is 57.1 Å². The molecule has 0 rings (SSSR count). The smallest absolute Gasteiger partial charge is 0.291 e. The molecule has 5 nitrogen and oxygen atoms in total. The first-order chi connectivity index (χ1) is 5.58. The van der Waals surface area contributed by atoms with Crippen molar-refractivity contribution in [2.45, 2.75) is 13.3 Å². The Labute approximate surface area is 76.2 Å². The fourth-order valence-corrected chi connectivity index (χ4v) is 0.864. The molecule has 0 unspecified atom stereocenters. The number of hydrogen-bond acceptors (Lipinski definition) is 5. The average Bonchev–Trinajstić information content (AvgIpc) is 2.13. The minimum absolute atomic E-state index is 0.198. The third kappa shape index (κ3) is 4.07. The summed E-state index contributed by atoms with van der Waals surface area (Å²) in [4.78, 5) is 0. The van der Waals surface area contributed by atoms with Crippen LogP contribution in [0, 0.1) is 0 Å². The molecule has 0 aromatic rings. The average molecular weight is 216 g/mol. The predicted octanol–water partition coefficient (Wildman–Crippen LogP) is 2.37. The molecule has 0 aliphatic carbocycles. The van der Waals surface area contributed by atoms with Gasteiger partial charge in [-0.1, -0.05) is 23.7 Å². The van der Waals surface area contributed by atoms with Gasteiger partial charge in [-0.2, -0.15) is 0 Å². The molecule has 7 heteroatoms. The Morgan fingerprint density at radius 2 is 2.00 bits per heavy atom. The summed E-state index contributed by atoms with van der Waals surface area (Å²) in [5.74, 6) is 0. The van der Waals surface area contributed by atoms with E-state index in [4.69, 9.17) is 11.6 Å². The van der Waals surface area contributed by atoms with Gasteiger partial charge >= 0.3 is 7.82 Å². The normalized spacial score (nSPS) is 13.2. The van der Waals surface area contributed by atoms with E-state index in [-0.39, 0.29) is 5.17 Å². The highest BCUT2D eigenvalue weighted by Gasteiger charge is 2.24. The van der Waals surface area contributed by atoms with Crippen LogP contribution < -0.4 is 0 Å². The quantitative estimate of drug-likeness (QED) is 0.401. The Morgan fingerprint density at radius 3 is 2.33 bits per heavy atom. The third-order valence-corrected chi connectivity index (χ3v) is 2.49. The summed E-state index contributed by atoms with van der Waals surface area (Å²) in [6.07, 6.45) is 0.495. The molecule has 0 fully saturated rings. The molecule has 0 saturated heterocycles. The Bertz CT molecular complexity index is 200. The van der Waals surface area contributed by atoms with Gasteiger partial charge in [0.1, 0.15) is 5.17 Å². The summed E-state index contributed by atoms with van der Waals surface area (Å²) in [5, 5.41) is 3.52. The highest BCUT2D eigenvalue weighted by atomic mass is 35.5. The van der Waals surface area contributed by atoms with E-state index in [0.29, 0.717) is 6.42 Å². The molecule has 0 saturated carbocycles. The summed E-state index contributed by atoms with van der Waals surface area (Å²) in [6, 6.07) is 0. The van der Waals surface area contributed by atoms with Crippen LogP contribution in [0.3, 0.4) is 0 Å². The highest BCUT2D eigenvalue weighted by molar-refractivity contribution is 7.48. The minimum atomic E-state index is -3.52. The van der Waals surface area contributed by atoms with E-state index in [9.17, 15) is 4.57 Å². The first kappa shape index (κ1) is 11.9. The summed E-state index contributed by atoms with van der Waals surface area (Å²) in [5.41, 5.74) is 0. The maximum Gasteiger partial charge on any atom is 0.549 e. The van der Waals surface area contributed by atoms with E-state index in [1.54, 1.807) is 6.92 Å². The Hall–Kier alpha value is -0.0900. The third-order valence-electron chi connectivity index (χ3n) is 0.979. The van der Waals surface area contributed by atoms with Gasteiger partial charge in [-0.15, -0.1) is 0 Å². The molecule has 0 aliphatic heterocycles. The van der Waals surface area contributed by atoms with Gasteiger partial charge in [0, 0.05) is 20.6 Å². The Balaban J connectivity index is 4.14. The van der Waals surface area contributed by atoms with Gasteiger partial charge in [-0.25, -0.2) is 4.57 Å². The van der Waals surface area contributed by atoms with Crippen LogP contribution in [0.15, 0.2) is 5.16 Å². The molecule has 0 bridgehead atoms. The van der Waals surface area contributed by atoms with E-state index in [2.05, 4.69) is 18.8 Å². The summed E-state index contributed by atoms with van der Waals surface area (Å²) in [6.45, 7) is 1.78. The Kier molecular flexibility index (Phi) is 5.50. The summed E-state index contributed by atoms with van der Waals surface area (Å²) >= 11 is 5.48. The predicted molar refractivity (Wildman–Crippen MR) is 46.3 cm³/mol. The van der Waals surface area contributed by atoms with Gasteiger partial charge < -0.3 is 0 Å². The van der Waals surface area contributed by atoms with E-state index < -0.39 is 7.82 Å². The van der Waals surface area contributed by atoms with Gasteiger partial charge in [0.2, 0.25) is 0 Å². The Morgan fingerprint density at radius 1 is 1.50 bits per heavy atom. The molecule has 0 N–H and O–H groups in total. The van der Waals surface area contributed by atoms with Gasteiger partial charge in [-0.05, 0) is 0 Å². The SMILES string of the molecule is CCC(Cl)=NOP(=O)(OC)OC. The molecule has 0 radical (unpaired) electrons. The monoisotopic (exact) mass is 215 g/mol. The maximum absolute atomic E-state index is 11.1. The van der Waals surface area contributed by atoms with Crippen LogP contribution in [0.4, 0.5) is 0 Å². The second-order valence-corrected chi connectivity index (χ2v) is 3.94. The number of phosphoric ester groups is 1. The van der Waals surface area contributed by atoms with Crippen molar-refractivity contribution in [2.24, 2.45) is 5.16 Å². The standard InChI is InChI=1S/C5H11ClNO4P/c1-4-5(6)7-11-12(8,9-2)10-3/h4H2,1-3H3. The van der Waals surface area contributed by atoms with Crippen LogP contribution in [-0.2, 0) is 18.2 Å². The lowest BCUT2D eigenvalue weighted by atomic mass is 10.5. The number of nitrogens with zero attached hydrogens (tertiary/aromatic N) is 1. The van der Waals surface area contributed by atoms with Crippen LogP contribution in [0.1, 0.15) is 13.3 Å². The van der Waals surface area contributed by atoms with Crippen molar-refractivity contribution in [1.29, 1.82) is 0 Å². The van der Waals surface area contributed by atoms with Crippen molar-refractivity contribution in [3.8, 4) is 0 Å². The van der Waals surface area contributed by atoms with Crippen molar-refractivity contribution in [1.82, 2.24) is 0 Å². The zero-order valence-electron chi connectivity index (χ0n) is 7.11. The van der Waals surface area contributed by atoms with Gasteiger partial charge in [0.15, 0.2) is 0 Å². The van der Waals surface area contributed by atoms with Crippen LogP contribution in [0.2, 0.25) is 0 Å². The van der Waals surface area contributed by atoms with Crippen molar-refractivity contribution >= 4 is 24.6 Å². The molecule has 0 aromatic heterocycles. The lowest BCUT2D eigenvalue weighted by molar-refractivity contribution is 0.157. The number of hydrogen-bond donors (Lipinski definition) is 0. The largest absolute Gasteiger partial charge is 0.549 e. The maximum atomic E-state index is 11.1. The van der Waals surface area contributed by atoms with Crippen molar-refractivity contribution < 1.29 is 18.2 Å². The second kappa shape index (κ2) is 5.54. The van der Waals surface area contributed by atoms with Crippen molar-refractivity contribution in [3.63, 3.8) is 0 Å². The van der Waals surface area contributed by atoms with Gasteiger partial charge in [0.25, 0.3) is 0 Å². The molecular formula is C5H11ClNO4P. The van der Waals surface area contributed by atoms with Crippen molar-refractivity contribution in [2.75, 3.05) is 14.2 Å². The first-order valence-electron chi connectivity index (χ1n) is 3.20. The molecule has 0 aromatic carbocycles. The fourth-order valence-electron chi connectivity index (χ4n) is 0.300. The lowest BCUT2D eigenvalue weighted by Crippen LogP contribution is -1.92. The van der Waals surface area contributed by atoms with Gasteiger partial charge in [-0.3, -0.25) is 13.7 Å². The molecule has 0 amide bonds. The molecule has 72 valence electrons. The van der Waals surface area contributed by atoms with Crippen LogP contribution in [0.5, 0.6) is 0 Å². The van der Waals surface area contributed by atoms with E-state index in [1.165, 1.54) is 14.2 Å². The molecule has 12 heavy (non-hydrogen) atoms. The van der Waals surface area contributed by atoms with Crippen molar-refractivity contribution in [3.05, 3.63) is 0 Å². The number of rotatable bonds is 5. The van der Waals surface area contributed by atoms with E-state index in [1.807, 2.05) is 0 Å². The zero-order valence-corrected chi connectivity index (χ0v) is 8.76. The molecule has 0 heterocycles. The van der Waals surface area contributed by atoms with E-state index >= 15 is 0 Å². The number of phosphoric acid groups is 1. The second-order valence-electron chi connectivity index (χ2n) is 1.72. The highest BCUT2D eigenvalue weighted by Crippen LogP contribution is 2.47. The van der Waals surface area contributed by atoms with E-state index in [0.717, 1.165) is 0 Å². The number of oxime groups is 1. The molecule has 0 spiro atoms. The molecule has 0 aliphatic rings. The zero-order chi connectivity index (χ0) is 9.61. The van der Waals surface area contributed by atoms with Gasteiger partial charge in [0.05, 0.1) is 0 Å². The summed E-state index contributed by atoms with van der Waals surface area (Å²) in [7, 11) is -1.13. The van der Waals surface area contributed by atoms with Crippen LogP contribution in [-0.4, -0.2) is 19.4 Å². The number of halogens is 1. The molecule has 0 atom stereocenters. The summed E-state index contributed by atoms with van der Waals surface area (Å²) < 4.78 is 24.4. The minimum Gasteiger partial charge on any atom is -0.291 e. The molecular weight excluding hydrogens is 204 g/mol. The fraction of sp³-hybridized carbons (Fsp3) is 0.800.